The molecule has 0 radical (unpaired) electrons. The fraction of sp³-hybridized carbons (Fsp3) is 0.667. The number of hydrogen-bond donors (Lipinski definition) is 1. The Balaban J connectivity index is 3.25. The Kier molecular flexibility index (Phi) is 4.18. The minimum Gasteiger partial charge on any atom is -0.250 e. The van der Waals surface area contributed by atoms with Crippen molar-refractivity contribution >= 4 is 0 Å². The van der Waals surface area contributed by atoms with Gasteiger partial charge in [-0.15, -0.1) is 0 Å². The first-order valence-electron chi connectivity index (χ1n) is 5.18. The van der Waals surface area contributed by atoms with E-state index in [2.05, 4.69) is 4.98 Å². The number of aromatic nitrogens is 2. The fourth-order valence-electron chi connectivity index (χ4n) is 1.35. The Labute approximate surface area is 114 Å². The van der Waals surface area contributed by atoms with Crippen molar-refractivity contribution in [3.05, 3.63) is 18.7 Å². The number of aromatic amines is 1. The highest BCUT2D eigenvalue weighted by Crippen LogP contribution is 2.57. The molecule has 1 aromatic rings. The maximum absolute atomic E-state index is 13.2. The van der Waals surface area contributed by atoms with Crippen molar-refractivity contribution in [2.24, 2.45) is 0 Å². The zero-order valence-corrected chi connectivity index (χ0v) is 10.0. The van der Waals surface area contributed by atoms with Crippen molar-refractivity contribution in [3.8, 4) is 0 Å². The molecule has 0 unspecified atom stereocenters. The second-order valence-corrected chi connectivity index (χ2v) is 4.21. The summed E-state index contributed by atoms with van der Waals surface area (Å²) in [5, 5.41) is 0. The van der Waals surface area contributed by atoms with Gasteiger partial charge in [0.1, 0.15) is 12.4 Å². The molecule has 0 aliphatic rings. The summed E-state index contributed by atoms with van der Waals surface area (Å²) in [4.78, 5) is 2.07. The minimum absolute atomic E-state index is 0.176. The molecule has 0 aliphatic heterocycles. The molecule has 0 amide bonds. The fourth-order valence-corrected chi connectivity index (χ4v) is 1.35. The van der Waals surface area contributed by atoms with Crippen LogP contribution >= 0.6 is 0 Å². The molecule has 0 fully saturated rings. The van der Waals surface area contributed by atoms with Gasteiger partial charge in [0.2, 0.25) is 6.33 Å². The van der Waals surface area contributed by atoms with Crippen LogP contribution in [0.1, 0.15) is 0 Å². The molecule has 0 saturated heterocycles. The highest BCUT2D eigenvalue weighted by molar-refractivity contribution is 5.05. The maximum Gasteiger partial charge on any atom is 0.460 e. The largest absolute Gasteiger partial charge is 0.460 e. The lowest BCUT2D eigenvalue weighted by molar-refractivity contribution is -0.718. The highest BCUT2D eigenvalue weighted by atomic mass is 19.4. The van der Waals surface area contributed by atoms with Crippen molar-refractivity contribution in [1.82, 2.24) is 4.98 Å². The molecule has 0 aliphatic carbocycles. The third-order valence-electron chi connectivity index (χ3n) is 2.59. The van der Waals surface area contributed by atoms with Crippen LogP contribution in [-0.2, 0) is 6.54 Å². The first kappa shape index (κ1) is 18.5. The number of H-pyrrole nitrogens is 1. The number of nitrogens with one attached hydrogen (secondary N) is 1. The van der Waals surface area contributed by atoms with Crippen LogP contribution in [0.4, 0.5) is 48.3 Å². The van der Waals surface area contributed by atoms with Crippen LogP contribution in [0.25, 0.3) is 0 Å². The van der Waals surface area contributed by atoms with Crippen molar-refractivity contribution < 1.29 is 52.9 Å². The van der Waals surface area contributed by atoms with E-state index >= 15 is 0 Å². The topological polar surface area (TPSA) is 19.7 Å². The van der Waals surface area contributed by atoms with Gasteiger partial charge in [0.25, 0.3) is 0 Å². The van der Waals surface area contributed by atoms with Gasteiger partial charge in [-0.1, -0.05) is 0 Å². The molecule has 0 aromatic carbocycles. The van der Waals surface area contributed by atoms with Crippen LogP contribution in [0.5, 0.6) is 0 Å². The summed E-state index contributed by atoms with van der Waals surface area (Å²) in [7, 11) is 0. The average Bonchev–Trinajstić information content (AvgIpc) is 2.78. The van der Waals surface area contributed by atoms with Gasteiger partial charge in [-0.05, 0) is 0 Å². The van der Waals surface area contributed by atoms with Gasteiger partial charge in [0.05, 0.1) is 0 Å². The predicted molar refractivity (Wildman–Crippen MR) is 46.8 cm³/mol. The van der Waals surface area contributed by atoms with Crippen LogP contribution in [-0.4, -0.2) is 34.9 Å². The minimum atomic E-state index is -7.36. The Morgan fingerprint density at radius 1 is 0.727 bits per heavy atom. The highest BCUT2D eigenvalue weighted by Gasteiger charge is 2.87. The number of hydrogen-bond acceptors (Lipinski definition) is 0. The molecular formula is C9H6F11N2+. The second-order valence-electron chi connectivity index (χ2n) is 4.21. The summed E-state index contributed by atoms with van der Waals surface area (Å²) in [6, 6.07) is 0. The second kappa shape index (κ2) is 4.98. The molecule has 0 spiro atoms. The van der Waals surface area contributed by atoms with Crippen LogP contribution in [0, 0.1) is 0 Å². The van der Waals surface area contributed by atoms with E-state index in [9.17, 15) is 48.3 Å². The number of nitrogens with zero attached hydrogens (tertiary/aromatic N) is 1. The molecule has 0 atom stereocenters. The first-order valence-corrected chi connectivity index (χ1v) is 5.18. The van der Waals surface area contributed by atoms with Gasteiger partial charge in [-0.25, -0.2) is 4.57 Å². The summed E-state index contributed by atoms with van der Waals surface area (Å²) in [6.45, 7) is -2.24. The molecule has 0 saturated carbocycles. The third kappa shape index (κ3) is 2.60. The number of halogens is 11. The van der Waals surface area contributed by atoms with Crippen LogP contribution < -0.4 is 4.57 Å². The van der Waals surface area contributed by atoms with Gasteiger partial charge >= 0.3 is 29.9 Å². The van der Waals surface area contributed by atoms with Crippen molar-refractivity contribution in [2.75, 3.05) is 0 Å². The van der Waals surface area contributed by atoms with Crippen LogP contribution in [0.3, 0.4) is 0 Å². The van der Waals surface area contributed by atoms with Crippen LogP contribution in [0.2, 0.25) is 0 Å². The lowest BCUT2D eigenvalue weighted by Gasteiger charge is -2.36. The Hall–Kier alpha value is -1.56. The summed E-state index contributed by atoms with van der Waals surface area (Å²) < 4.78 is 139. The third-order valence-corrected chi connectivity index (χ3v) is 2.59. The average molecular weight is 351 g/mol. The molecule has 1 rings (SSSR count). The zero-order valence-electron chi connectivity index (χ0n) is 10.0. The molecule has 0 bridgehead atoms. The van der Waals surface area contributed by atoms with Crippen molar-refractivity contribution in [3.63, 3.8) is 0 Å². The number of alkyl halides is 11. The van der Waals surface area contributed by atoms with Gasteiger partial charge < -0.3 is 0 Å². The summed E-state index contributed by atoms with van der Waals surface area (Å²) in [6.07, 6.45) is -5.00. The number of rotatable bonds is 5. The monoisotopic (exact) mass is 351 g/mol. The van der Waals surface area contributed by atoms with E-state index in [1.165, 1.54) is 0 Å². The Morgan fingerprint density at radius 3 is 1.59 bits per heavy atom. The maximum atomic E-state index is 13.2. The van der Waals surface area contributed by atoms with Crippen molar-refractivity contribution in [2.45, 2.75) is 36.4 Å². The lowest BCUT2D eigenvalue weighted by atomic mass is 9.98. The molecule has 13 heteroatoms. The lowest BCUT2D eigenvalue weighted by Crippen LogP contribution is -2.68. The van der Waals surface area contributed by atoms with E-state index in [0.717, 1.165) is 6.20 Å². The molecule has 2 nitrogen and oxygen atoms in total. The zero-order chi connectivity index (χ0) is 17.6. The molecule has 128 valence electrons. The predicted octanol–water partition coefficient (Wildman–Crippen LogP) is 3.41. The first-order chi connectivity index (χ1) is 9.58. The molecule has 1 heterocycles. The SMILES string of the molecule is FC(F)(F)C(F)(F)C(F)(F)C(F)(F)C(F)(F)C[n+]1cc[nH]c1. The van der Waals surface area contributed by atoms with E-state index in [1.807, 2.05) is 0 Å². The van der Waals surface area contributed by atoms with E-state index < -0.39 is 36.4 Å². The van der Waals surface area contributed by atoms with Crippen LogP contribution in [0.15, 0.2) is 18.7 Å². The standard InChI is InChI=1S/C9H5F11N2/c10-5(11,3-22-2-1-21-4-22)6(12,13)7(14,15)8(16,17)9(18,19)20/h1-2,4H,3H2/p+1. The normalized spacial score (nSPS) is 15.2. The molecular weight excluding hydrogens is 345 g/mol. The quantitative estimate of drug-likeness (QED) is 0.620. The van der Waals surface area contributed by atoms with Crippen molar-refractivity contribution in [1.29, 1.82) is 0 Å². The molecule has 1 aromatic heterocycles. The van der Waals surface area contributed by atoms with E-state index in [-0.39, 0.29) is 4.57 Å². The number of imidazole rings is 1. The van der Waals surface area contributed by atoms with Gasteiger partial charge in [0, 0.05) is 0 Å². The summed E-state index contributed by atoms with van der Waals surface area (Å²) in [5.74, 6) is -27.6. The Bertz CT molecular complexity index is 502. The van der Waals surface area contributed by atoms with Gasteiger partial charge in [-0.2, -0.15) is 48.3 Å². The Morgan fingerprint density at radius 2 is 1.23 bits per heavy atom. The van der Waals surface area contributed by atoms with Gasteiger partial charge in [0.15, 0.2) is 6.54 Å². The summed E-state index contributed by atoms with van der Waals surface area (Å²) in [5.41, 5.74) is 0. The van der Waals surface area contributed by atoms with Gasteiger partial charge in [-0.3, -0.25) is 4.98 Å². The van der Waals surface area contributed by atoms with E-state index in [1.54, 1.807) is 0 Å². The molecule has 1 N–H and O–H groups in total. The van der Waals surface area contributed by atoms with E-state index in [4.69, 9.17) is 0 Å². The van der Waals surface area contributed by atoms with E-state index in [0.29, 0.717) is 12.5 Å². The molecule has 22 heavy (non-hydrogen) atoms. The summed E-state index contributed by atoms with van der Waals surface area (Å²) >= 11 is 0. The smallest absolute Gasteiger partial charge is 0.250 e.